The molecule has 0 radical (unpaired) electrons. The predicted molar refractivity (Wildman–Crippen MR) is 437 cm³/mol. The van der Waals surface area contributed by atoms with Crippen LogP contribution in [-0.2, 0) is 65.4 Å². The van der Waals surface area contributed by atoms with Gasteiger partial charge in [0.05, 0.1) is 26.4 Å². The Kier molecular flexibility index (Phi) is 76.9. The van der Waals surface area contributed by atoms with Gasteiger partial charge in [-0.1, -0.05) is 414 Å². The Balaban J connectivity index is 5.26. The van der Waals surface area contributed by atoms with Gasteiger partial charge in [-0.05, 0) is 37.5 Å². The molecular weight excluding hydrogens is 1380 g/mol. The summed E-state index contributed by atoms with van der Waals surface area (Å²) in [4.78, 5) is 73.3. The van der Waals surface area contributed by atoms with Crippen LogP contribution >= 0.6 is 15.6 Å². The molecule has 0 spiro atoms. The number of carbonyl (C=O) groups excluding carboxylic acids is 4. The molecule has 0 saturated carbocycles. The fourth-order valence-electron chi connectivity index (χ4n) is 13.6. The lowest BCUT2D eigenvalue weighted by molar-refractivity contribution is -0.161. The molecule has 0 aromatic heterocycles. The van der Waals surface area contributed by atoms with Crippen LogP contribution in [-0.4, -0.2) is 96.7 Å². The standard InChI is InChI=1S/C87H170O17P2/c1-7-9-11-13-15-17-19-21-22-23-24-29-35-41-47-53-59-65-71-86(91)103-82(75-97-84(89)69-63-57-51-45-39-20-18-16-14-12-10-8-2)77-101-105(93,94)99-73-81(88)74-100-106(95,96)102-78-83(104-87(92)72-66-60-54-48-42-36-31-26-28-33-38-44-50-56-62-68-80(5)6)76-98-85(90)70-64-58-52-46-40-34-30-25-27-32-37-43-49-55-61-67-79(3)4/h79-83,88H,7-78H2,1-6H3,(H,93,94)(H,95,96)/t81-,82+,83+/m0/s1. The van der Waals surface area contributed by atoms with E-state index in [9.17, 15) is 43.2 Å². The second-order valence-electron chi connectivity index (χ2n) is 32.2. The molecule has 0 aliphatic rings. The molecule has 0 aromatic rings. The van der Waals surface area contributed by atoms with Crippen LogP contribution in [0.1, 0.15) is 465 Å². The lowest BCUT2D eigenvalue weighted by Gasteiger charge is -2.21. The van der Waals surface area contributed by atoms with E-state index in [1.807, 2.05) is 0 Å². The number of ether oxygens (including phenoxy) is 4. The minimum atomic E-state index is -4.97. The molecule has 0 aliphatic carbocycles. The van der Waals surface area contributed by atoms with Gasteiger partial charge in [0.1, 0.15) is 19.3 Å². The zero-order valence-electron chi connectivity index (χ0n) is 69.7. The van der Waals surface area contributed by atoms with Gasteiger partial charge in [0, 0.05) is 25.7 Å². The Hall–Kier alpha value is -1.94. The first-order chi connectivity index (χ1) is 51.4. The summed E-state index contributed by atoms with van der Waals surface area (Å²) in [6.45, 7) is 9.74. The number of hydrogen-bond donors (Lipinski definition) is 3. The third-order valence-electron chi connectivity index (χ3n) is 20.5. The molecule has 5 atom stereocenters. The van der Waals surface area contributed by atoms with E-state index in [2.05, 4.69) is 41.5 Å². The van der Waals surface area contributed by atoms with Gasteiger partial charge in [-0.2, -0.15) is 0 Å². The molecule has 106 heavy (non-hydrogen) atoms. The Morgan fingerprint density at radius 3 is 0.642 bits per heavy atom. The number of aliphatic hydroxyl groups excluding tert-OH is 1. The van der Waals surface area contributed by atoms with Gasteiger partial charge in [0.25, 0.3) is 0 Å². The third kappa shape index (κ3) is 80.1. The van der Waals surface area contributed by atoms with Crippen LogP contribution < -0.4 is 0 Å². The van der Waals surface area contributed by atoms with Crippen molar-refractivity contribution in [1.82, 2.24) is 0 Å². The summed E-state index contributed by atoms with van der Waals surface area (Å²) < 4.78 is 69.0. The maximum Gasteiger partial charge on any atom is 0.472 e. The first-order valence-corrected chi connectivity index (χ1v) is 48.0. The van der Waals surface area contributed by atoms with Gasteiger partial charge in [0.2, 0.25) is 0 Å². The first-order valence-electron chi connectivity index (χ1n) is 45.0. The average molecular weight is 1550 g/mol. The van der Waals surface area contributed by atoms with E-state index in [1.54, 1.807) is 0 Å². The fourth-order valence-corrected chi connectivity index (χ4v) is 15.2. The van der Waals surface area contributed by atoms with E-state index in [1.165, 1.54) is 283 Å². The van der Waals surface area contributed by atoms with E-state index in [4.69, 9.17) is 37.0 Å². The summed E-state index contributed by atoms with van der Waals surface area (Å²) in [5.41, 5.74) is 0. The van der Waals surface area contributed by atoms with Crippen molar-refractivity contribution < 1.29 is 80.2 Å². The van der Waals surface area contributed by atoms with Crippen LogP contribution in [0.4, 0.5) is 0 Å². The number of phosphoric ester groups is 2. The minimum absolute atomic E-state index is 0.108. The molecule has 19 heteroatoms. The zero-order chi connectivity index (χ0) is 77.8. The molecule has 630 valence electrons. The van der Waals surface area contributed by atoms with Gasteiger partial charge < -0.3 is 33.8 Å². The van der Waals surface area contributed by atoms with Crippen molar-refractivity contribution in [2.75, 3.05) is 39.6 Å². The molecule has 2 unspecified atom stereocenters. The highest BCUT2D eigenvalue weighted by Crippen LogP contribution is 2.45. The maximum absolute atomic E-state index is 13.2. The van der Waals surface area contributed by atoms with E-state index >= 15 is 0 Å². The monoisotopic (exact) mass is 1550 g/mol. The van der Waals surface area contributed by atoms with Gasteiger partial charge in [0.15, 0.2) is 12.2 Å². The molecule has 0 aromatic carbocycles. The summed E-state index contributed by atoms with van der Waals surface area (Å²) in [7, 11) is -9.93. The quantitative estimate of drug-likeness (QED) is 0.0222. The van der Waals surface area contributed by atoms with Crippen molar-refractivity contribution in [1.29, 1.82) is 0 Å². The van der Waals surface area contributed by atoms with E-state index in [0.29, 0.717) is 25.7 Å². The van der Waals surface area contributed by atoms with Gasteiger partial charge >= 0.3 is 39.5 Å². The number of carbonyl (C=O) groups is 4. The molecule has 0 heterocycles. The number of unbranched alkanes of at least 4 members (excludes halogenated alkanes) is 56. The molecule has 0 fully saturated rings. The van der Waals surface area contributed by atoms with Crippen molar-refractivity contribution in [3.05, 3.63) is 0 Å². The van der Waals surface area contributed by atoms with Crippen molar-refractivity contribution >= 4 is 39.5 Å². The maximum atomic E-state index is 13.2. The molecule has 3 N–H and O–H groups in total. The zero-order valence-corrected chi connectivity index (χ0v) is 71.5. The van der Waals surface area contributed by atoms with Gasteiger partial charge in [-0.3, -0.25) is 37.3 Å². The normalized spacial score (nSPS) is 13.8. The van der Waals surface area contributed by atoms with Crippen LogP contribution in [0.2, 0.25) is 0 Å². The Labute approximate surface area is 651 Å². The highest BCUT2D eigenvalue weighted by Gasteiger charge is 2.30. The van der Waals surface area contributed by atoms with Crippen LogP contribution in [0.25, 0.3) is 0 Å². The van der Waals surface area contributed by atoms with Crippen LogP contribution in [0.3, 0.4) is 0 Å². The molecule has 0 amide bonds. The van der Waals surface area contributed by atoms with E-state index in [0.717, 1.165) is 102 Å². The highest BCUT2D eigenvalue weighted by molar-refractivity contribution is 7.47. The van der Waals surface area contributed by atoms with Crippen molar-refractivity contribution in [2.24, 2.45) is 11.8 Å². The summed E-state index contributed by atoms with van der Waals surface area (Å²) >= 11 is 0. The predicted octanol–water partition coefficient (Wildman–Crippen LogP) is 26.6. The largest absolute Gasteiger partial charge is 0.472 e. The minimum Gasteiger partial charge on any atom is -0.462 e. The number of esters is 4. The molecule has 0 bridgehead atoms. The van der Waals surface area contributed by atoms with Gasteiger partial charge in [-0.25, -0.2) is 9.13 Å². The highest BCUT2D eigenvalue weighted by atomic mass is 31.2. The molecule has 0 aliphatic heterocycles. The van der Waals surface area contributed by atoms with E-state index < -0.39 is 97.5 Å². The van der Waals surface area contributed by atoms with Crippen molar-refractivity contribution in [3.8, 4) is 0 Å². The third-order valence-corrected chi connectivity index (χ3v) is 22.4. The second kappa shape index (κ2) is 78.3. The summed E-state index contributed by atoms with van der Waals surface area (Å²) in [6, 6.07) is 0. The van der Waals surface area contributed by atoms with Gasteiger partial charge in [-0.15, -0.1) is 0 Å². The Morgan fingerprint density at radius 1 is 0.255 bits per heavy atom. The summed E-state index contributed by atoms with van der Waals surface area (Å²) in [5.74, 6) is -0.489. The Morgan fingerprint density at radius 2 is 0.434 bits per heavy atom. The number of rotatable bonds is 86. The summed E-state index contributed by atoms with van der Waals surface area (Å²) in [6.07, 6.45) is 70.7. The first kappa shape index (κ1) is 104. The topological polar surface area (TPSA) is 237 Å². The SMILES string of the molecule is CCCCCCCCCCCCCCCCCCCCC(=O)O[C@H](COC(=O)CCCCCCCCCCCCCC)COP(=O)(O)OC[C@H](O)COP(=O)(O)OC[C@@H](COC(=O)CCCCCCCCCCCCCCCCCC(C)C)OC(=O)CCCCCCCCCCCCCCCCCC(C)C. The molecule has 0 rings (SSSR count). The average Bonchev–Trinajstić information content (AvgIpc) is 0.910. The fraction of sp³-hybridized carbons (Fsp3) is 0.954. The summed E-state index contributed by atoms with van der Waals surface area (Å²) in [5, 5.41) is 10.7. The number of aliphatic hydroxyl groups is 1. The van der Waals surface area contributed by atoms with E-state index in [-0.39, 0.29) is 25.7 Å². The molecule has 17 nitrogen and oxygen atoms in total. The molecular formula is C87H170O17P2. The lowest BCUT2D eigenvalue weighted by Crippen LogP contribution is -2.30. The van der Waals surface area contributed by atoms with Crippen LogP contribution in [0, 0.1) is 11.8 Å². The van der Waals surface area contributed by atoms with Crippen LogP contribution in [0.15, 0.2) is 0 Å². The molecule has 0 saturated heterocycles. The lowest BCUT2D eigenvalue weighted by atomic mass is 10.0. The second-order valence-corrected chi connectivity index (χ2v) is 35.1. The smallest absolute Gasteiger partial charge is 0.462 e. The Bertz CT molecular complexity index is 2030. The number of phosphoric acid groups is 2. The number of hydrogen-bond acceptors (Lipinski definition) is 15. The van der Waals surface area contributed by atoms with Crippen LogP contribution in [0.5, 0.6) is 0 Å². The van der Waals surface area contributed by atoms with Crippen molar-refractivity contribution in [2.45, 2.75) is 484 Å². The van der Waals surface area contributed by atoms with Crippen molar-refractivity contribution in [3.63, 3.8) is 0 Å².